The van der Waals surface area contributed by atoms with Crippen molar-refractivity contribution < 1.29 is 19.4 Å². The van der Waals surface area contributed by atoms with Gasteiger partial charge in [-0.15, -0.1) is 6.58 Å². The van der Waals surface area contributed by atoms with Gasteiger partial charge < -0.3 is 9.84 Å². The molecular formula is C18H24O4. The van der Waals surface area contributed by atoms with E-state index in [1.165, 1.54) is 6.92 Å². The number of carbonyl (C=O) groups is 2. The number of carboxylic acid groups (broad SMARTS) is 1. The topological polar surface area (TPSA) is 63.6 Å². The van der Waals surface area contributed by atoms with Crippen LogP contribution in [0.3, 0.4) is 0 Å². The number of esters is 1. The molecule has 0 aliphatic carbocycles. The van der Waals surface area contributed by atoms with Gasteiger partial charge in [-0.2, -0.15) is 0 Å². The van der Waals surface area contributed by atoms with Gasteiger partial charge in [-0.3, -0.25) is 9.59 Å². The fourth-order valence-electron chi connectivity index (χ4n) is 2.49. The molecule has 0 aliphatic heterocycles. The highest BCUT2D eigenvalue weighted by molar-refractivity contribution is 5.76. The highest BCUT2D eigenvalue weighted by atomic mass is 16.5. The summed E-state index contributed by atoms with van der Waals surface area (Å²) in [6.45, 7) is 8.38. The summed E-state index contributed by atoms with van der Waals surface area (Å²) in [7, 11) is 0. The fourth-order valence-corrected chi connectivity index (χ4v) is 2.49. The van der Waals surface area contributed by atoms with Gasteiger partial charge in [0.25, 0.3) is 0 Å². The average molecular weight is 304 g/mol. The van der Waals surface area contributed by atoms with Gasteiger partial charge in [-0.25, -0.2) is 0 Å². The molecule has 0 aliphatic rings. The molecule has 3 unspecified atom stereocenters. The molecule has 22 heavy (non-hydrogen) atoms. The highest BCUT2D eigenvalue weighted by Crippen LogP contribution is 2.36. The number of rotatable bonds is 8. The Labute approximate surface area is 131 Å². The molecule has 0 amide bonds. The fraction of sp³-hybridized carbons (Fsp3) is 0.444. The number of hydrogen-bond acceptors (Lipinski definition) is 3. The molecule has 1 aromatic carbocycles. The SMILES string of the molecule is C=CC(C)C(C)(C(=O)O)C(CCc1ccccc1)OC(C)=O. The average Bonchev–Trinajstić information content (AvgIpc) is 2.50. The number of allylic oxidation sites excluding steroid dienone is 1. The summed E-state index contributed by atoms with van der Waals surface area (Å²) in [5.41, 5.74) is -0.124. The highest BCUT2D eigenvalue weighted by Gasteiger charge is 2.46. The number of benzene rings is 1. The van der Waals surface area contributed by atoms with Crippen LogP contribution in [0.25, 0.3) is 0 Å². The van der Waals surface area contributed by atoms with E-state index >= 15 is 0 Å². The molecule has 3 atom stereocenters. The summed E-state index contributed by atoms with van der Waals surface area (Å²) in [5, 5.41) is 9.68. The molecule has 0 radical (unpaired) electrons. The lowest BCUT2D eigenvalue weighted by Crippen LogP contribution is -2.46. The predicted molar refractivity (Wildman–Crippen MR) is 85.4 cm³/mol. The van der Waals surface area contributed by atoms with Crippen LogP contribution in [0.2, 0.25) is 0 Å². The maximum atomic E-state index is 11.8. The first-order valence-corrected chi connectivity index (χ1v) is 7.39. The van der Waals surface area contributed by atoms with E-state index in [4.69, 9.17) is 4.74 Å². The number of ether oxygens (including phenoxy) is 1. The second-order valence-corrected chi connectivity index (χ2v) is 5.73. The summed E-state index contributed by atoms with van der Waals surface area (Å²) < 4.78 is 5.35. The molecule has 0 saturated carbocycles. The third-order valence-corrected chi connectivity index (χ3v) is 4.28. The Morgan fingerprint density at radius 3 is 2.41 bits per heavy atom. The van der Waals surface area contributed by atoms with Crippen molar-refractivity contribution in [2.75, 3.05) is 0 Å². The number of carbonyl (C=O) groups excluding carboxylic acids is 1. The summed E-state index contributed by atoms with van der Waals surface area (Å²) in [6.07, 6.45) is 1.97. The van der Waals surface area contributed by atoms with Crippen molar-refractivity contribution in [1.82, 2.24) is 0 Å². The molecule has 120 valence electrons. The molecule has 0 fully saturated rings. The maximum Gasteiger partial charge on any atom is 0.313 e. The molecular weight excluding hydrogens is 280 g/mol. The minimum atomic E-state index is -1.21. The summed E-state index contributed by atoms with van der Waals surface area (Å²) in [6, 6.07) is 9.73. The first-order valence-electron chi connectivity index (χ1n) is 7.39. The molecule has 0 saturated heterocycles. The molecule has 1 rings (SSSR count). The predicted octanol–water partition coefficient (Wildman–Crippen LogP) is 3.46. The minimum absolute atomic E-state index is 0.329. The van der Waals surface area contributed by atoms with E-state index in [0.29, 0.717) is 12.8 Å². The molecule has 1 aromatic rings. The van der Waals surface area contributed by atoms with E-state index in [-0.39, 0.29) is 5.92 Å². The second-order valence-electron chi connectivity index (χ2n) is 5.73. The molecule has 0 bridgehead atoms. The lowest BCUT2D eigenvalue weighted by molar-refractivity contribution is -0.170. The van der Waals surface area contributed by atoms with E-state index in [2.05, 4.69) is 6.58 Å². The zero-order chi connectivity index (χ0) is 16.8. The summed E-state index contributed by atoms with van der Waals surface area (Å²) in [4.78, 5) is 23.2. The van der Waals surface area contributed by atoms with Crippen molar-refractivity contribution >= 4 is 11.9 Å². The van der Waals surface area contributed by atoms with Gasteiger partial charge in [-0.1, -0.05) is 43.3 Å². The Hall–Kier alpha value is -2.10. The van der Waals surface area contributed by atoms with Crippen LogP contribution in [-0.2, 0) is 20.7 Å². The monoisotopic (exact) mass is 304 g/mol. The van der Waals surface area contributed by atoms with Crippen molar-refractivity contribution in [3.05, 3.63) is 48.6 Å². The quantitative estimate of drug-likeness (QED) is 0.590. The van der Waals surface area contributed by atoms with Gasteiger partial charge >= 0.3 is 11.9 Å². The van der Waals surface area contributed by atoms with Gasteiger partial charge in [0.15, 0.2) is 0 Å². The lowest BCUT2D eigenvalue weighted by atomic mass is 9.72. The molecule has 0 aromatic heterocycles. The van der Waals surface area contributed by atoms with Crippen molar-refractivity contribution in [3.63, 3.8) is 0 Å². The largest absolute Gasteiger partial charge is 0.481 e. The van der Waals surface area contributed by atoms with Crippen LogP contribution in [0.4, 0.5) is 0 Å². The third kappa shape index (κ3) is 4.20. The van der Waals surface area contributed by atoms with Crippen LogP contribution in [0.5, 0.6) is 0 Å². The van der Waals surface area contributed by atoms with E-state index in [1.807, 2.05) is 30.3 Å². The lowest BCUT2D eigenvalue weighted by Gasteiger charge is -2.36. The Balaban J connectivity index is 3.01. The van der Waals surface area contributed by atoms with Crippen LogP contribution >= 0.6 is 0 Å². The number of aliphatic carboxylic acids is 1. The number of carboxylic acids is 1. The molecule has 4 nitrogen and oxygen atoms in total. The van der Waals surface area contributed by atoms with Gasteiger partial charge in [0, 0.05) is 6.92 Å². The van der Waals surface area contributed by atoms with Crippen molar-refractivity contribution in [3.8, 4) is 0 Å². The number of hydrogen-bond donors (Lipinski definition) is 1. The Kier molecular flexibility index (Phi) is 6.35. The van der Waals surface area contributed by atoms with Crippen molar-refractivity contribution in [2.45, 2.75) is 39.7 Å². The maximum absolute atomic E-state index is 11.8. The van der Waals surface area contributed by atoms with E-state index in [0.717, 1.165) is 5.56 Å². The molecule has 0 spiro atoms. The van der Waals surface area contributed by atoms with E-state index in [1.54, 1.807) is 19.9 Å². The van der Waals surface area contributed by atoms with Gasteiger partial charge in [0.05, 0.1) is 0 Å². The minimum Gasteiger partial charge on any atom is -0.481 e. The zero-order valence-electron chi connectivity index (χ0n) is 13.4. The standard InChI is InChI=1S/C18H24O4/c1-5-13(2)18(4,17(20)21)16(22-14(3)19)12-11-15-9-7-6-8-10-15/h5-10,13,16H,1,11-12H2,2-4H3,(H,20,21). The van der Waals surface area contributed by atoms with Crippen LogP contribution in [0.15, 0.2) is 43.0 Å². The molecule has 1 N–H and O–H groups in total. The number of aryl methyl sites for hydroxylation is 1. The van der Waals surface area contributed by atoms with E-state index < -0.39 is 23.5 Å². The van der Waals surface area contributed by atoms with Gasteiger partial charge in [-0.05, 0) is 31.2 Å². The van der Waals surface area contributed by atoms with Crippen LogP contribution in [0.1, 0.15) is 32.8 Å². The van der Waals surface area contributed by atoms with Crippen molar-refractivity contribution in [2.24, 2.45) is 11.3 Å². The van der Waals surface area contributed by atoms with Crippen molar-refractivity contribution in [1.29, 1.82) is 0 Å². The van der Waals surface area contributed by atoms with Crippen LogP contribution < -0.4 is 0 Å². The molecule has 4 heteroatoms. The van der Waals surface area contributed by atoms with Crippen LogP contribution in [0, 0.1) is 11.3 Å². The summed E-state index contributed by atoms with van der Waals surface area (Å²) >= 11 is 0. The van der Waals surface area contributed by atoms with Crippen LogP contribution in [-0.4, -0.2) is 23.1 Å². The normalized spacial score (nSPS) is 16.1. The summed E-state index contributed by atoms with van der Waals surface area (Å²) in [5.74, 6) is -1.79. The Bertz CT molecular complexity index is 523. The van der Waals surface area contributed by atoms with Gasteiger partial charge in [0.2, 0.25) is 0 Å². The Morgan fingerprint density at radius 2 is 1.95 bits per heavy atom. The van der Waals surface area contributed by atoms with E-state index in [9.17, 15) is 14.7 Å². The first-order chi connectivity index (χ1) is 10.3. The smallest absolute Gasteiger partial charge is 0.313 e. The molecule has 0 heterocycles. The van der Waals surface area contributed by atoms with Gasteiger partial charge in [0.1, 0.15) is 11.5 Å². The second kappa shape index (κ2) is 7.78. The third-order valence-electron chi connectivity index (χ3n) is 4.28. The Morgan fingerprint density at radius 1 is 1.36 bits per heavy atom. The first kappa shape index (κ1) is 18.0. The zero-order valence-corrected chi connectivity index (χ0v) is 13.4.